The van der Waals surface area contributed by atoms with Crippen molar-refractivity contribution >= 4 is 5.97 Å². The van der Waals surface area contributed by atoms with Crippen LogP contribution in [0.4, 0.5) is 0 Å². The minimum atomic E-state index is -0.435. The van der Waals surface area contributed by atoms with Crippen molar-refractivity contribution in [3.63, 3.8) is 0 Å². The van der Waals surface area contributed by atoms with Crippen LogP contribution in [0, 0.1) is 20.8 Å². The smallest absolute Gasteiger partial charge is 0.339 e. The van der Waals surface area contributed by atoms with Gasteiger partial charge in [-0.3, -0.25) is 4.90 Å². The van der Waals surface area contributed by atoms with Gasteiger partial charge >= 0.3 is 5.97 Å². The second-order valence-corrected chi connectivity index (χ2v) is 8.86. The van der Waals surface area contributed by atoms with Gasteiger partial charge in [-0.15, -0.1) is 0 Å². The molecule has 3 atom stereocenters. The molecule has 6 nitrogen and oxygen atoms in total. The summed E-state index contributed by atoms with van der Waals surface area (Å²) in [5, 5.41) is 10.5. The van der Waals surface area contributed by atoms with Gasteiger partial charge in [0, 0.05) is 24.2 Å². The van der Waals surface area contributed by atoms with Crippen molar-refractivity contribution in [1.29, 1.82) is 0 Å². The predicted molar refractivity (Wildman–Crippen MR) is 116 cm³/mol. The first-order chi connectivity index (χ1) is 14.9. The van der Waals surface area contributed by atoms with Gasteiger partial charge in [-0.05, 0) is 61.9 Å². The average Bonchev–Trinajstić information content (AvgIpc) is 3.35. The van der Waals surface area contributed by atoms with Gasteiger partial charge in [0.15, 0.2) is 11.5 Å². The standard InChI is InChI=1S/C25H29NO5/c1-5-17(27)11-26-9-8-16-10-19-23(30-12-29-19)15(4)20(16)22(26)24-18-7-6-13(2)14(3)21(18)25(28)31-24/h6-7,10,17,22,24,27H,5,8-9,11-12H2,1-4H3/t17?,22-,24+/m1/s1. The third-order valence-corrected chi connectivity index (χ3v) is 7.11. The number of fused-ring (bicyclic) bond motifs is 3. The average molecular weight is 424 g/mol. The van der Waals surface area contributed by atoms with Crippen LogP contribution in [0.15, 0.2) is 18.2 Å². The molecule has 0 aromatic heterocycles. The van der Waals surface area contributed by atoms with Gasteiger partial charge in [0.2, 0.25) is 6.79 Å². The fourth-order valence-corrected chi connectivity index (χ4v) is 5.26. The number of carbonyl (C=O) groups is 1. The second kappa shape index (κ2) is 7.53. The SMILES string of the molecule is CCC(O)CN1CCc2cc3c(c(C)c2[C@@H]1[C@H]1OC(=O)c2c1ccc(C)c2C)OCO3. The number of aliphatic hydroxyl groups excluding tert-OH is 1. The van der Waals surface area contributed by atoms with E-state index in [1.54, 1.807) is 0 Å². The highest BCUT2D eigenvalue weighted by atomic mass is 16.7. The summed E-state index contributed by atoms with van der Waals surface area (Å²) < 4.78 is 17.5. The maximum atomic E-state index is 12.9. The van der Waals surface area contributed by atoms with Crippen molar-refractivity contribution in [2.24, 2.45) is 0 Å². The van der Waals surface area contributed by atoms with E-state index >= 15 is 0 Å². The molecular weight excluding hydrogens is 394 g/mol. The van der Waals surface area contributed by atoms with Crippen molar-refractivity contribution in [1.82, 2.24) is 4.90 Å². The number of esters is 1. The topological polar surface area (TPSA) is 68.2 Å². The number of hydrogen-bond donors (Lipinski definition) is 1. The largest absolute Gasteiger partial charge is 0.454 e. The number of hydrogen-bond acceptors (Lipinski definition) is 6. The lowest BCUT2D eigenvalue weighted by molar-refractivity contribution is -0.00898. The van der Waals surface area contributed by atoms with Crippen LogP contribution in [-0.2, 0) is 11.2 Å². The van der Waals surface area contributed by atoms with E-state index in [-0.39, 0.29) is 18.8 Å². The molecule has 2 aromatic rings. The molecular formula is C25H29NO5. The van der Waals surface area contributed by atoms with Crippen LogP contribution in [0.5, 0.6) is 11.5 Å². The minimum absolute atomic E-state index is 0.188. The Morgan fingerprint density at radius 3 is 2.77 bits per heavy atom. The van der Waals surface area contributed by atoms with Gasteiger partial charge in [-0.25, -0.2) is 4.79 Å². The molecule has 0 amide bonds. The molecule has 1 unspecified atom stereocenters. The fourth-order valence-electron chi connectivity index (χ4n) is 5.26. The molecule has 0 saturated carbocycles. The van der Waals surface area contributed by atoms with E-state index in [0.29, 0.717) is 18.5 Å². The Labute approximate surface area is 182 Å². The van der Waals surface area contributed by atoms with E-state index in [1.807, 2.05) is 26.8 Å². The van der Waals surface area contributed by atoms with E-state index in [2.05, 4.69) is 24.0 Å². The summed E-state index contributed by atoms with van der Waals surface area (Å²) in [5.74, 6) is 1.29. The Kier molecular flexibility index (Phi) is 4.94. The lowest BCUT2D eigenvalue weighted by Crippen LogP contribution is -2.43. The molecule has 0 spiro atoms. The van der Waals surface area contributed by atoms with E-state index in [1.165, 1.54) is 5.56 Å². The van der Waals surface area contributed by atoms with Crippen LogP contribution in [-0.4, -0.2) is 42.0 Å². The van der Waals surface area contributed by atoms with Gasteiger partial charge < -0.3 is 19.3 Å². The number of β-amino-alcohol motifs (C(OH)–C–C–N with tert-alkyl or cyclic N) is 1. The maximum Gasteiger partial charge on any atom is 0.339 e. The van der Waals surface area contributed by atoms with Gasteiger partial charge in [0.25, 0.3) is 0 Å². The minimum Gasteiger partial charge on any atom is -0.454 e. The monoisotopic (exact) mass is 423 g/mol. The molecule has 31 heavy (non-hydrogen) atoms. The lowest BCUT2D eigenvalue weighted by Gasteiger charge is -2.41. The van der Waals surface area contributed by atoms with Gasteiger partial charge in [0.1, 0.15) is 6.10 Å². The highest BCUT2D eigenvalue weighted by Crippen LogP contribution is 2.51. The Bertz CT molecular complexity index is 1060. The first kappa shape index (κ1) is 20.3. The summed E-state index contributed by atoms with van der Waals surface area (Å²) in [7, 11) is 0. The molecule has 5 rings (SSSR count). The van der Waals surface area contributed by atoms with Crippen molar-refractivity contribution in [3.8, 4) is 11.5 Å². The van der Waals surface area contributed by atoms with E-state index in [0.717, 1.165) is 52.3 Å². The number of aryl methyl sites for hydroxylation is 1. The summed E-state index contributed by atoms with van der Waals surface area (Å²) in [6.07, 6.45) is 0.661. The van der Waals surface area contributed by atoms with Crippen molar-refractivity contribution < 1.29 is 24.1 Å². The summed E-state index contributed by atoms with van der Waals surface area (Å²) in [6.45, 7) is 9.57. The van der Waals surface area contributed by atoms with Crippen LogP contribution >= 0.6 is 0 Å². The summed E-state index contributed by atoms with van der Waals surface area (Å²) in [4.78, 5) is 15.2. The fraction of sp³-hybridized carbons (Fsp3) is 0.480. The van der Waals surface area contributed by atoms with Crippen molar-refractivity contribution in [2.75, 3.05) is 19.9 Å². The molecule has 3 aliphatic rings. The maximum absolute atomic E-state index is 12.9. The Morgan fingerprint density at radius 2 is 2.00 bits per heavy atom. The summed E-state index contributed by atoms with van der Waals surface area (Å²) in [5.41, 5.74) is 7.02. The molecule has 164 valence electrons. The number of ether oxygens (including phenoxy) is 3. The van der Waals surface area contributed by atoms with Gasteiger partial charge in [-0.1, -0.05) is 19.1 Å². The van der Waals surface area contributed by atoms with E-state index < -0.39 is 12.2 Å². The molecule has 0 fully saturated rings. The van der Waals surface area contributed by atoms with Gasteiger partial charge in [-0.2, -0.15) is 0 Å². The molecule has 0 bridgehead atoms. The molecule has 2 aromatic carbocycles. The zero-order valence-electron chi connectivity index (χ0n) is 18.5. The normalized spacial score (nSPS) is 22.8. The van der Waals surface area contributed by atoms with Crippen molar-refractivity contribution in [3.05, 3.63) is 57.1 Å². The van der Waals surface area contributed by atoms with E-state index in [4.69, 9.17) is 14.2 Å². The molecule has 3 heterocycles. The lowest BCUT2D eigenvalue weighted by atomic mass is 9.82. The first-order valence-electron chi connectivity index (χ1n) is 11.1. The number of carbonyl (C=O) groups excluding carboxylic acids is 1. The molecule has 1 N–H and O–H groups in total. The summed E-state index contributed by atoms with van der Waals surface area (Å²) in [6, 6.07) is 5.97. The number of rotatable bonds is 4. The zero-order valence-corrected chi connectivity index (χ0v) is 18.5. The molecule has 0 radical (unpaired) electrons. The Morgan fingerprint density at radius 1 is 1.19 bits per heavy atom. The second-order valence-electron chi connectivity index (χ2n) is 8.86. The molecule has 6 heteroatoms. The summed E-state index contributed by atoms with van der Waals surface area (Å²) >= 11 is 0. The van der Waals surface area contributed by atoms with E-state index in [9.17, 15) is 9.90 Å². The van der Waals surface area contributed by atoms with Crippen LogP contribution in [0.2, 0.25) is 0 Å². The zero-order chi connectivity index (χ0) is 21.9. The molecule has 0 saturated heterocycles. The molecule has 3 aliphatic heterocycles. The third-order valence-electron chi connectivity index (χ3n) is 7.11. The van der Waals surface area contributed by atoms with Gasteiger partial charge in [0.05, 0.1) is 17.7 Å². The first-order valence-corrected chi connectivity index (χ1v) is 11.1. The number of nitrogens with zero attached hydrogens (tertiary/aromatic N) is 1. The number of aliphatic hydroxyl groups is 1. The van der Waals surface area contributed by atoms with Crippen molar-refractivity contribution in [2.45, 2.75) is 58.8 Å². The number of benzene rings is 2. The predicted octanol–water partition coefficient (Wildman–Crippen LogP) is 3.92. The van der Waals surface area contributed by atoms with Crippen LogP contribution in [0.1, 0.15) is 69.2 Å². The van der Waals surface area contributed by atoms with Crippen LogP contribution in [0.3, 0.4) is 0 Å². The van der Waals surface area contributed by atoms with Crippen LogP contribution < -0.4 is 9.47 Å². The third kappa shape index (κ3) is 3.12. The van der Waals surface area contributed by atoms with Crippen LogP contribution in [0.25, 0.3) is 0 Å². The highest BCUT2D eigenvalue weighted by molar-refractivity contribution is 5.96. The Balaban J connectivity index is 1.67. The molecule has 0 aliphatic carbocycles. The number of cyclic esters (lactones) is 1. The quantitative estimate of drug-likeness (QED) is 0.752. The Hall–Kier alpha value is -2.57. The highest BCUT2D eigenvalue weighted by Gasteiger charge is 2.45.